The third kappa shape index (κ3) is 1.12. The maximum atomic E-state index is 11.3. The summed E-state index contributed by atoms with van der Waals surface area (Å²) in [5, 5.41) is 2.78. The van der Waals surface area contributed by atoms with Gasteiger partial charge >= 0.3 is 0 Å². The molecule has 1 atom stereocenters. The molecule has 0 aromatic heterocycles. The molecule has 12 heavy (non-hydrogen) atoms. The number of hydrogen-bond donors (Lipinski definition) is 0. The predicted molar refractivity (Wildman–Crippen MR) is 50.4 cm³/mol. The number of carbonyl (C=O) groups is 1. The smallest absolute Gasteiger partial charge is 0.260 e. The molecular weight excluding hydrogens is 172 g/mol. The van der Waals surface area contributed by atoms with E-state index in [9.17, 15) is 4.79 Å². The summed E-state index contributed by atoms with van der Waals surface area (Å²) < 4.78 is 0. The second kappa shape index (κ2) is 2.86. The summed E-state index contributed by atoms with van der Waals surface area (Å²) in [6, 6.07) is 0. The normalized spacial score (nSPS) is 26.8. The summed E-state index contributed by atoms with van der Waals surface area (Å²) in [6.45, 7) is 1.95. The van der Waals surface area contributed by atoms with E-state index in [1.54, 1.807) is 0 Å². The van der Waals surface area contributed by atoms with E-state index in [0.717, 1.165) is 11.5 Å². The van der Waals surface area contributed by atoms with Crippen LogP contribution < -0.4 is 0 Å². The molecule has 0 bridgehead atoms. The number of fused-ring (bicyclic) bond motifs is 1. The molecular formula is C8H8N2OS. The molecule has 2 heterocycles. The first kappa shape index (κ1) is 7.73. The molecule has 4 heteroatoms. The maximum Gasteiger partial charge on any atom is 0.260 e. The van der Waals surface area contributed by atoms with Crippen molar-refractivity contribution < 1.29 is 4.79 Å². The van der Waals surface area contributed by atoms with Crippen molar-refractivity contribution in [2.45, 2.75) is 13.3 Å². The van der Waals surface area contributed by atoms with Gasteiger partial charge in [-0.1, -0.05) is 24.8 Å². The molecule has 62 valence electrons. The van der Waals surface area contributed by atoms with Gasteiger partial charge in [0.1, 0.15) is 11.8 Å². The number of thioether (sulfide) groups is 1. The van der Waals surface area contributed by atoms with Crippen LogP contribution >= 0.6 is 11.8 Å². The lowest BCUT2D eigenvalue weighted by molar-refractivity contribution is -0.118. The Morgan fingerprint density at radius 2 is 2.42 bits per heavy atom. The summed E-state index contributed by atoms with van der Waals surface area (Å²) in [5.41, 5.74) is 0. The second-order valence-electron chi connectivity index (χ2n) is 2.59. The zero-order valence-electron chi connectivity index (χ0n) is 6.65. The fourth-order valence-corrected chi connectivity index (χ4v) is 1.99. The lowest BCUT2D eigenvalue weighted by Crippen LogP contribution is -2.22. The van der Waals surface area contributed by atoms with E-state index in [-0.39, 0.29) is 11.8 Å². The van der Waals surface area contributed by atoms with Crippen molar-refractivity contribution >= 4 is 28.5 Å². The van der Waals surface area contributed by atoms with Crippen molar-refractivity contribution in [3.63, 3.8) is 0 Å². The summed E-state index contributed by atoms with van der Waals surface area (Å²) in [7, 11) is 0. The molecule has 1 amide bonds. The van der Waals surface area contributed by atoms with Gasteiger partial charge < -0.3 is 0 Å². The molecule has 0 aliphatic carbocycles. The van der Waals surface area contributed by atoms with Gasteiger partial charge in [0.25, 0.3) is 5.91 Å². The molecule has 0 radical (unpaired) electrons. The average molecular weight is 180 g/mol. The first-order valence-electron chi connectivity index (χ1n) is 3.84. The van der Waals surface area contributed by atoms with E-state index >= 15 is 0 Å². The maximum absolute atomic E-state index is 11.3. The van der Waals surface area contributed by atoms with Crippen LogP contribution in [0.1, 0.15) is 13.3 Å². The van der Waals surface area contributed by atoms with Crippen molar-refractivity contribution in [3.05, 3.63) is 11.5 Å². The topological polar surface area (TPSA) is 41.8 Å². The number of amidine groups is 1. The van der Waals surface area contributed by atoms with Gasteiger partial charge in [0.2, 0.25) is 0 Å². The molecule has 2 aliphatic heterocycles. The van der Waals surface area contributed by atoms with Crippen molar-refractivity contribution in [2.75, 3.05) is 0 Å². The Kier molecular flexibility index (Phi) is 1.84. The molecule has 2 rings (SSSR count). The molecule has 0 aromatic carbocycles. The largest absolute Gasteiger partial charge is 0.271 e. The van der Waals surface area contributed by atoms with Gasteiger partial charge in [-0.05, 0) is 5.41 Å². The molecule has 3 nitrogen and oxygen atoms in total. The van der Waals surface area contributed by atoms with Crippen molar-refractivity contribution in [2.24, 2.45) is 15.9 Å². The Morgan fingerprint density at radius 3 is 3.17 bits per heavy atom. The number of amides is 1. The highest BCUT2D eigenvalue weighted by atomic mass is 32.2. The van der Waals surface area contributed by atoms with Crippen LogP contribution in [-0.4, -0.2) is 16.8 Å². The predicted octanol–water partition coefficient (Wildman–Crippen LogP) is 1.61. The minimum atomic E-state index is -0.176. The molecule has 0 fully saturated rings. The summed E-state index contributed by atoms with van der Waals surface area (Å²) >= 11 is 1.52. The van der Waals surface area contributed by atoms with Crippen LogP contribution in [0, 0.1) is 5.92 Å². The van der Waals surface area contributed by atoms with Gasteiger partial charge in [0.15, 0.2) is 0 Å². The van der Waals surface area contributed by atoms with Gasteiger partial charge in [-0.2, -0.15) is 4.99 Å². The van der Waals surface area contributed by atoms with Crippen LogP contribution in [0.25, 0.3) is 0 Å². The van der Waals surface area contributed by atoms with Crippen LogP contribution in [0.15, 0.2) is 21.5 Å². The highest BCUT2D eigenvalue weighted by Crippen LogP contribution is 2.28. The van der Waals surface area contributed by atoms with E-state index in [0.29, 0.717) is 5.84 Å². The summed E-state index contributed by atoms with van der Waals surface area (Å²) in [4.78, 5) is 19.4. The Bertz CT molecular complexity index is 317. The highest BCUT2D eigenvalue weighted by Gasteiger charge is 2.29. The number of hydrogen-bond acceptors (Lipinski definition) is 3. The SMILES string of the molecule is CCC1=NC(=O)C2C=CSC2=N1. The third-order valence-corrected chi connectivity index (χ3v) is 2.67. The fourth-order valence-electron chi connectivity index (χ4n) is 1.13. The number of carbonyl (C=O) groups excluding carboxylic acids is 1. The Hall–Kier alpha value is -0.900. The van der Waals surface area contributed by atoms with Gasteiger partial charge in [0, 0.05) is 6.42 Å². The van der Waals surface area contributed by atoms with Gasteiger partial charge in [-0.3, -0.25) is 4.79 Å². The van der Waals surface area contributed by atoms with E-state index in [1.807, 2.05) is 18.4 Å². The third-order valence-electron chi connectivity index (χ3n) is 1.79. The minimum Gasteiger partial charge on any atom is -0.271 e. The quantitative estimate of drug-likeness (QED) is 0.615. The van der Waals surface area contributed by atoms with Crippen LogP contribution in [0.3, 0.4) is 0 Å². The number of aliphatic imine (C=N–C) groups is 2. The van der Waals surface area contributed by atoms with Crippen molar-refractivity contribution in [1.82, 2.24) is 0 Å². The van der Waals surface area contributed by atoms with Gasteiger partial charge in [-0.25, -0.2) is 4.99 Å². The Labute approximate surface area is 74.7 Å². The second-order valence-corrected chi connectivity index (χ2v) is 3.52. The standard InChI is InChI=1S/C8H8N2OS/c1-2-6-9-7(11)5-3-4-12-8(5)10-6/h3-5H,2H2,1H3. The van der Waals surface area contributed by atoms with Gasteiger partial charge in [-0.15, -0.1) is 0 Å². The lowest BCUT2D eigenvalue weighted by Gasteiger charge is -2.10. The fraction of sp³-hybridized carbons (Fsp3) is 0.375. The average Bonchev–Trinajstić information content (AvgIpc) is 2.52. The molecule has 2 aliphatic rings. The van der Waals surface area contributed by atoms with Crippen LogP contribution in [0.4, 0.5) is 0 Å². The zero-order valence-corrected chi connectivity index (χ0v) is 7.47. The van der Waals surface area contributed by atoms with Crippen molar-refractivity contribution in [3.8, 4) is 0 Å². The first-order chi connectivity index (χ1) is 5.81. The zero-order chi connectivity index (χ0) is 8.55. The van der Waals surface area contributed by atoms with E-state index in [4.69, 9.17) is 0 Å². The summed E-state index contributed by atoms with van der Waals surface area (Å²) in [6.07, 6.45) is 2.57. The van der Waals surface area contributed by atoms with Crippen molar-refractivity contribution in [1.29, 1.82) is 0 Å². The van der Waals surface area contributed by atoms with Crippen LogP contribution in [0.5, 0.6) is 0 Å². The van der Waals surface area contributed by atoms with E-state index in [1.165, 1.54) is 11.8 Å². The lowest BCUT2D eigenvalue weighted by atomic mass is 10.1. The number of nitrogens with zero attached hydrogens (tertiary/aromatic N) is 2. The molecule has 0 saturated heterocycles. The summed E-state index contributed by atoms with van der Waals surface area (Å²) in [5.74, 6) is 0.408. The monoisotopic (exact) mass is 180 g/mol. The van der Waals surface area contributed by atoms with Gasteiger partial charge in [0.05, 0.1) is 5.04 Å². The Morgan fingerprint density at radius 1 is 1.58 bits per heavy atom. The highest BCUT2D eigenvalue weighted by molar-refractivity contribution is 8.16. The Balaban J connectivity index is 2.34. The van der Waals surface area contributed by atoms with Crippen LogP contribution in [0.2, 0.25) is 0 Å². The number of rotatable bonds is 1. The molecule has 1 unspecified atom stereocenters. The minimum absolute atomic E-state index is 0.0712. The van der Waals surface area contributed by atoms with E-state index in [2.05, 4.69) is 9.98 Å². The molecule has 0 aromatic rings. The molecule has 0 spiro atoms. The van der Waals surface area contributed by atoms with Crippen LogP contribution in [-0.2, 0) is 4.79 Å². The first-order valence-corrected chi connectivity index (χ1v) is 4.72. The molecule has 0 saturated carbocycles. The van der Waals surface area contributed by atoms with E-state index < -0.39 is 0 Å². The molecule has 0 N–H and O–H groups in total.